The van der Waals surface area contributed by atoms with E-state index in [1.165, 1.54) is 9.21 Å². The second-order valence-electron chi connectivity index (χ2n) is 9.09. The van der Waals surface area contributed by atoms with Crippen LogP contribution in [0, 0.1) is 5.41 Å². The second kappa shape index (κ2) is 9.96. The summed E-state index contributed by atoms with van der Waals surface area (Å²) in [5.41, 5.74) is 1.43. The van der Waals surface area contributed by atoms with E-state index in [4.69, 9.17) is 9.47 Å². The van der Waals surface area contributed by atoms with Crippen LogP contribution in [-0.2, 0) is 24.3 Å². The van der Waals surface area contributed by atoms with Gasteiger partial charge in [-0.05, 0) is 30.7 Å². The number of carbonyl (C=O) groups excluding carboxylic acids is 2. The van der Waals surface area contributed by atoms with Gasteiger partial charge in [0.2, 0.25) is 10.0 Å². The predicted octanol–water partition coefficient (Wildman–Crippen LogP) is 1.32. The minimum absolute atomic E-state index is 0.111. The summed E-state index contributed by atoms with van der Waals surface area (Å²) in [4.78, 5) is 26.5. The van der Waals surface area contributed by atoms with Gasteiger partial charge in [-0.15, -0.1) is 0 Å². The lowest BCUT2D eigenvalue weighted by atomic mass is 9.79. The van der Waals surface area contributed by atoms with Crippen LogP contribution in [0.5, 0.6) is 0 Å². The lowest BCUT2D eigenvalue weighted by Crippen LogP contribution is -2.54. The molecule has 1 unspecified atom stereocenters. The normalized spacial score (nSPS) is 25.7. The molecular weight excluding hydrogens is 450 g/mol. The quantitative estimate of drug-likeness (QED) is 0.464. The summed E-state index contributed by atoms with van der Waals surface area (Å²) in [6.07, 6.45) is 0.826. The molecule has 2 amide bonds. The molecule has 2 atom stereocenters. The van der Waals surface area contributed by atoms with Crippen molar-refractivity contribution in [2.45, 2.75) is 37.7 Å². The summed E-state index contributed by atoms with van der Waals surface area (Å²) in [6, 6.07) is 9.78. The van der Waals surface area contributed by atoms with Gasteiger partial charge in [-0.2, -0.15) is 0 Å². The van der Waals surface area contributed by atoms with Crippen molar-refractivity contribution in [3.63, 3.8) is 0 Å². The zero-order chi connectivity index (χ0) is 23.5. The number of carbonyl (C=O) groups is 2. The molecule has 0 aliphatic carbocycles. The maximum Gasteiger partial charge on any atom is 0.410 e. The third-order valence-electron chi connectivity index (χ3n) is 6.99. The van der Waals surface area contributed by atoms with Crippen molar-refractivity contribution in [3.8, 4) is 0 Å². The minimum Gasteiger partial charge on any atom is -0.444 e. The highest BCUT2D eigenvalue weighted by atomic mass is 32.2. The summed E-state index contributed by atoms with van der Waals surface area (Å²) < 4.78 is 38.7. The van der Waals surface area contributed by atoms with E-state index in [2.05, 4.69) is 0 Å². The summed E-state index contributed by atoms with van der Waals surface area (Å²) in [7, 11) is -3.76. The molecule has 4 rings (SSSR count). The van der Waals surface area contributed by atoms with E-state index in [9.17, 15) is 23.2 Å². The van der Waals surface area contributed by atoms with Crippen molar-refractivity contribution >= 4 is 22.0 Å². The molecule has 0 bridgehead atoms. The first-order chi connectivity index (χ1) is 15.8. The van der Waals surface area contributed by atoms with Crippen molar-refractivity contribution in [1.29, 1.82) is 0 Å². The van der Waals surface area contributed by atoms with E-state index in [1.54, 1.807) is 5.48 Å². The first kappa shape index (κ1) is 23.9. The zero-order valence-corrected chi connectivity index (χ0v) is 19.3. The number of nitrogens with one attached hydrogen (secondary N) is 1. The van der Waals surface area contributed by atoms with Gasteiger partial charge in [0.25, 0.3) is 5.91 Å². The van der Waals surface area contributed by atoms with E-state index >= 15 is 0 Å². The van der Waals surface area contributed by atoms with Gasteiger partial charge in [-0.1, -0.05) is 30.3 Å². The average Bonchev–Trinajstić information content (AvgIpc) is 3.52. The van der Waals surface area contributed by atoms with Crippen LogP contribution in [-0.4, -0.2) is 86.1 Å². The fraction of sp³-hybridized carbons (Fsp3) is 0.636. The molecule has 0 aromatic heterocycles. The molecule has 10 nitrogen and oxygen atoms in total. The lowest BCUT2D eigenvalue weighted by Gasteiger charge is -2.40. The van der Waals surface area contributed by atoms with Crippen molar-refractivity contribution in [3.05, 3.63) is 35.9 Å². The Morgan fingerprint density at radius 1 is 1.15 bits per heavy atom. The molecule has 1 aromatic carbocycles. The number of amides is 2. The van der Waals surface area contributed by atoms with Crippen LogP contribution in [0.4, 0.5) is 4.79 Å². The second-order valence-corrected chi connectivity index (χ2v) is 11.1. The molecule has 1 aromatic rings. The zero-order valence-electron chi connectivity index (χ0n) is 18.5. The third-order valence-corrected chi connectivity index (χ3v) is 9.03. The number of nitrogens with zero attached hydrogens (tertiary/aromatic N) is 2. The molecule has 3 heterocycles. The molecule has 0 saturated carbocycles. The Hall–Kier alpha value is -2.21. The molecule has 0 spiro atoms. The first-order valence-corrected chi connectivity index (χ1v) is 12.9. The Bertz CT molecular complexity index is 942. The van der Waals surface area contributed by atoms with Gasteiger partial charge >= 0.3 is 6.09 Å². The van der Waals surface area contributed by atoms with E-state index in [0.717, 1.165) is 5.56 Å². The van der Waals surface area contributed by atoms with Gasteiger partial charge in [-0.25, -0.2) is 23.0 Å². The van der Waals surface area contributed by atoms with E-state index in [1.807, 2.05) is 30.3 Å². The highest BCUT2D eigenvalue weighted by molar-refractivity contribution is 7.89. The number of benzene rings is 1. The number of hydroxylamine groups is 1. The summed E-state index contributed by atoms with van der Waals surface area (Å²) in [5, 5.41) is 9.34. The maximum atomic E-state index is 13.3. The fourth-order valence-electron chi connectivity index (χ4n) is 4.91. The number of ether oxygens (including phenoxy) is 2. The molecule has 3 saturated heterocycles. The third kappa shape index (κ3) is 5.32. The van der Waals surface area contributed by atoms with Crippen LogP contribution in [0.25, 0.3) is 0 Å². The maximum absolute atomic E-state index is 13.3. The predicted molar refractivity (Wildman–Crippen MR) is 118 cm³/mol. The van der Waals surface area contributed by atoms with Crippen molar-refractivity contribution in [2.75, 3.05) is 45.1 Å². The van der Waals surface area contributed by atoms with Crippen LogP contribution < -0.4 is 5.48 Å². The van der Waals surface area contributed by atoms with Crippen molar-refractivity contribution in [1.82, 2.24) is 14.7 Å². The van der Waals surface area contributed by atoms with Gasteiger partial charge in [0.1, 0.15) is 6.10 Å². The highest BCUT2D eigenvalue weighted by Gasteiger charge is 2.48. The Kier molecular flexibility index (Phi) is 7.22. The molecule has 3 aliphatic heterocycles. The van der Waals surface area contributed by atoms with Crippen LogP contribution in [0.3, 0.4) is 0 Å². The van der Waals surface area contributed by atoms with E-state index < -0.39 is 33.2 Å². The van der Waals surface area contributed by atoms with Crippen LogP contribution >= 0.6 is 0 Å². The molecule has 2 N–H and O–H groups in total. The topological polar surface area (TPSA) is 125 Å². The number of rotatable bonds is 6. The van der Waals surface area contributed by atoms with Gasteiger partial charge in [0.05, 0.1) is 24.4 Å². The summed E-state index contributed by atoms with van der Waals surface area (Å²) >= 11 is 0. The Balaban J connectivity index is 1.40. The number of sulfonamides is 1. The molecule has 11 heteroatoms. The van der Waals surface area contributed by atoms with E-state index in [-0.39, 0.29) is 38.0 Å². The van der Waals surface area contributed by atoms with Crippen LogP contribution in [0.1, 0.15) is 37.2 Å². The molecule has 3 fully saturated rings. The highest BCUT2D eigenvalue weighted by Crippen LogP contribution is 2.37. The average molecular weight is 482 g/mol. The van der Waals surface area contributed by atoms with Crippen LogP contribution in [0.15, 0.2) is 30.3 Å². The SMILES string of the molecule is O=C(OC1CCOC1)N1CCC(CS(=O)(=O)N2CC[C@@H](c3ccccc3)C2)(C(=O)NO)CC1. The monoisotopic (exact) mass is 481 g/mol. The minimum atomic E-state index is -3.76. The van der Waals surface area contributed by atoms with Gasteiger partial charge in [0, 0.05) is 32.6 Å². The summed E-state index contributed by atoms with van der Waals surface area (Å²) in [6.45, 7) is 2.02. The Morgan fingerprint density at radius 2 is 1.88 bits per heavy atom. The first-order valence-electron chi connectivity index (χ1n) is 11.3. The van der Waals surface area contributed by atoms with Crippen LogP contribution in [0.2, 0.25) is 0 Å². The largest absolute Gasteiger partial charge is 0.444 e. The van der Waals surface area contributed by atoms with Gasteiger partial charge in [-0.3, -0.25) is 10.0 Å². The number of hydrogen-bond acceptors (Lipinski definition) is 7. The lowest BCUT2D eigenvalue weighted by molar-refractivity contribution is -0.141. The molecular formula is C22H31N3O7S. The number of piperidine rings is 1. The fourth-order valence-corrected chi connectivity index (χ4v) is 7.01. The van der Waals surface area contributed by atoms with Gasteiger partial charge < -0.3 is 14.4 Å². The standard InChI is InChI=1S/C22H31N3O7S/c26-20(23-28)22(8-11-24(12-9-22)21(27)32-19-7-13-31-15-19)16-33(29,30)25-10-6-18(14-25)17-4-2-1-3-5-17/h1-5,18-19,28H,6-16H2,(H,23,26)/t18-,19?/m1/s1. The van der Waals surface area contributed by atoms with Gasteiger partial charge in [0.15, 0.2) is 0 Å². The smallest absolute Gasteiger partial charge is 0.410 e. The summed E-state index contributed by atoms with van der Waals surface area (Å²) in [5.74, 6) is -1.03. The Morgan fingerprint density at radius 3 is 2.52 bits per heavy atom. The molecule has 182 valence electrons. The number of hydrogen-bond donors (Lipinski definition) is 2. The molecule has 33 heavy (non-hydrogen) atoms. The van der Waals surface area contributed by atoms with Crippen molar-refractivity contribution in [2.24, 2.45) is 5.41 Å². The van der Waals surface area contributed by atoms with Crippen molar-refractivity contribution < 1.29 is 32.7 Å². The molecule has 3 aliphatic rings. The molecule has 0 radical (unpaired) electrons. The number of likely N-dealkylation sites (tertiary alicyclic amines) is 1. The Labute approximate surface area is 193 Å². The van der Waals surface area contributed by atoms with E-state index in [0.29, 0.717) is 39.1 Å².